The Bertz CT molecular complexity index is 833. The Balaban J connectivity index is 1.80. The third-order valence-electron chi connectivity index (χ3n) is 4.29. The molecule has 1 unspecified atom stereocenters. The van der Waals surface area contributed by atoms with Crippen molar-refractivity contribution in [3.63, 3.8) is 0 Å². The number of para-hydroxylation sites is 1. The molecule has 0 amide bonds. The molecular formula is C22H22N2O2. The van der Waals surface area contributed by atoms with Crippen molar-refractivity contribution in [2.75, 3.05) is 12.1 Å². The summed E-state index contributed by atoms with van der Waals surface area (Å²) in [5.41, 5.74) is 7.46. The molecule has 0 aliphatic heterocycles. The fraction of sp³-hybridized carbons (Fsp3) is 0.136. The van der Waals surface area contributed by atoms with Gasteiger partial charge in [0.25, 0.3) is 0 Å². The number of rotatable bonds is 7. The number of hydrogen-bond donors (Lipinski definition) is 2. The molecule has 3 aromatic rings. The predicted octanol–water partition coefficient (Wildman–Crippen LogP) is 4.51. The lowest BCUT2D eigenvalue weighted by molar-refractivity contribution is -0.137. The zero-order valence-electron chi connectivity index (χ0n) is 14.7. The molecule has 0 heterocycles. The summed E-state index contributed by atoms with van der Waals surface area (Å²) in [5, 5.41) is 11.2. The lowest BCUT2D eigenvalue weighted by Gasteiger charge is -2.27. The van der Waals surface area contributed by atoms with Crippen LogP contribution in [0.4, 0.5) is 5.69 Å². The van der Waals surface area contributed by atoms with E-state index in [0.717, 1.165) is 22.4 Å². The number of aliphatic carboxylic acids is 1. The second-order valence-corrected chi connectivity index (χ2v) is 6.16. The summed E-state index contributed by atoms with van der Waals surface area (Å²) in [4.78, 5) is 11.3. The molecule has 2 N–H and O–H groups in total. The lowest BCUT2D eigenvalue weighted by atomic mass is 9.99. The average Bonchev–Trinajstić information content (AvgIpc) is 2.68. The Morgan fingerprint density at radius 1 is 0.885 bits per heavy atom. The van der Waals surface area contributed by atoms with E-state index in [1.54, 1.807) is 0 Å². The van der Waals surface area contributed by atoms with E-state index in [1.807, 2.05) is 84.9 Å². The van der Waals surface area contributed by atoms with Crippen LogP contribution in [0.3, 0.4) is 0 Å². The molecule has 0 aromatic heterocycles. The summed E-state index contributed by atoms with van der Waals surface area (Å²) in [6, 6.07) is 27.7. The van der Waals surface area contributed by atoms with E-state index < -0.39 is 5.97 Å². The van der Waals surface area contributed by atoms with Crippen LogP contribution in [0.5, 0.6) is 0 Å². The highest BCUT2D eigenvalue weighted by Gasteiger charge is 2.17. The molecule has 3 rings (SSSR count). The van der Waals surface area contributed by atoms with Gasteiger partial charge in [-0.2, -0.15) is 0 Å². The van der Waals surface area contributed by atoms with E-state index in [-0.39, 0.29) is 12.5 Å². The van der Waals surface area contributed by atoms with Gasteiger partial charge in [0.2, 0.25) is 0 Å². The normalized spacial score (nSPS) is 11.7. The highest BCUT2D eigenvalue weighted by atomic mass is 16.4. The van der Waals surface area contributed by atoms with E-state index in [1.165, 1.54) is 0 Å². The number of nitrogens with zero attached hydrogens (tertiary/aromatic N) is 1. The summed E-state index contributed by atoms with van der Waals surface area (Å²) >= 11 is 0. The molecule has 0 aliphatic rings. The standard InChI is InChI=1S/C22H22N2O2/c1-24(20-10-6-3-7-11-20)23-21(16-22(25)26)19-14-12-18(13-15-19)17-8-4-2-5-9-17/h2-15,21,23H,16H2,1H3,(H,25,26). The third-order valence-corrected chi connectivity index (χ3v) is 4.29. The summed E-state index contributed by atoms with van der Waals surface area (Å²) in [5.74, 6) is -0.837. The van der Waals surface area contributed by atoms with E-state index in [9.17, 15) is 9.90 Å². The number of benzene rings is 3. The first-order valence-corrected chi connectivity index (χ1v) is 8.55. The Kier molecular flexibility index (Phi) is 5.66. The van der Waals surface area contributed by atoms with Gasteiger partial charge in [-0.1, -0.05) is 72.8 Å². The van der Waals surface area contributed by atoms with E-state index in [4.69, 9.17) is 0 Å². The first-order valence-electron chi connectivity index (χ1n) is 8.55. The van der Waals surface area contributed by atoms with Crippen molar-refractivity contribution in [3.8, 4) is 11.1 Å². The third kappa shape index (κ3) is 4.49. The van der Waals surface area contributed by atoms with Gasteiger partial charge in [0.05, 0.1) is 18.2 Å². The summed E-state index contributed by atoms with van der Waals surface area (Å²) in [6.07, 6.45) is 0.00184. The minimum atomic E-state index is -0.837. The molecule has 0 saturated heterocycles. The van der Waals surface area contributed by atoms with Gasteiger partial charge in [0, 0.05) is 7.05 Å². The van der Waals surface area contributed by atoms with Crippen LogP contribution in [0.25, 0.3) is 11.1 Å². The average molecular weight is 346 g/mol. The van der Waals surface area contributed by atoms with Crippen LogP contribution in [0.1, 0.15) is 18.0 Å². The van der Waals surface area contributed by atoms with Gasteiger partial charge in [0.15, 0.2) is 0 Å². The summed E-state index contributed by atoms with van der Waals surface area (Å²) in [7, 11) is 1.89. The minimum absolute atomic E-state index is 0.00184. The smallest absolute Gasteiger partial charge is 0.305 e. The molecule has 0 bridgehead atoms. The molecule has 4 heteroatoms. The molecule has 4 nitrogen and oxygen atoms in total. The highest BCUT2D eigenvalue weighted by molar-refractivity contribution is 5.68. The van der Waals surface area contributed by atoms with Crippen molar-refractivity contribution < 1.29 is 9.90 Å². The van der Waals surface area contributed by atoms with Crippen LogP contribution in [0.2, 0.25) is 0 Å². The molecule has 3 aromatic carbocycles. The van der Waals surface area contributed by atoms with Crippen molar-refractivity contribution in [1.29, 1.82) is 0 Å². The van der Waals surface area contributed by atoms with Gasteiger partial charge in [-0.05, 0) is 28.8 Å². The molecule has 0 aliphatic carbocycles. The van der Waals surface area contributed by atoms with Gasteiger partial charge in [0.1, 0.15) is 0 Å². The largest absolute Gasteiger partial charge is 0.481 e. The van der Waals surface area contributed by atoms with E-state index >= 15 is 0 Å². The fourth-order valence-electron chi connectivity index (χ4n) is 2.91. The second kappa shape index (κ2) is 8.32. The molecule has 0 saturated carbocycles. The highest BCUT2D eigenvalue weighted by Crippen LogP contribution is 2.24. The second-order valence-electron chi connectivity index (χ2n) is 6.16. The summed E-state index contributed by atoms with van der Waals surface area (Å²) < 4.78 is 0. The van der Waals surface area contributed by atoms with Gasteiger partial charge >= 0.3 is 5.97 Å². The Labute approximate surface area is 153 Å². The van der Waals surface area contributed by atoms with Gasteiger partial charge in [-0.3, -0.25) is 4.79 Å². The van der Waals surface area contributed by atoms with Crippen molar-refractivity contribution in [2.24, 2.45) is 0 Å². The van der Waals surface area contributed by atoms with Crippen LogP contribution < -0.4 is 10.4 Å². The SMILES string of the molecule is CN(NC(CC(=O)O)c1ccc(-c2ccccc2)cc1)c1ccccc1. The topological polar surface area (TPSA) is 52.6 Å². The summed E-state index contributed by atoms with van der Waals surface area (Å²) in [6.45, 7) is 0. The number of nitrogens with one attached hydrogen (secondary N) is 1. The van der Waals surface area contributed by atoms with Crippen molar-refractivity contribution in [1.82, 2.24) is 5.43 Å². The maximum atomic E-state index is 11.3. The Morgan fingerprint density at radius 3 is 2.00 bits per heavy atom. The molecule has 0 fully saturated rings. The lowest BCUT2D eigenvalue weighted by Crippen LogP contribution is -2.38. The molecule has 26 heavy (non-hydrogen) atoms. The van der Waals surface area contributed by atoms with Crippen molar-refractivity contribution in [2.45, 2.75) is 12.5 Å². The number of hydrazine groups is 1. The molecule has 0 radical (unpaired) electrons. The van der Waals surface area contributed by atoms with E-state index in [0.29, 0.717) is 0 Å². The first-order chi connectivity index (χ1) is 12.6. The van der Waals surface area contributed by atoms with Crippen LogP contribution in [-0.4, -0.2) is 18.1 Å². The van der Waals surface area contributed by atoms with Crippen LogP contribution in [-0.2, 0) is 4.79 Å². The molecule has 1 atom stereocenters. The monoisotopic (exact) mass is 346 g/mol. The van der Waals surface area contributed by atoms with Crippen LogP contribution in [0, 0.1) is 0 Å². The number of carboxylic acids is 1. The van der Waals surface area contributed by atoms with Gasteiger partial charge in [-0.15, -0.1) is 0 Å². The Hall–Kier alpha value is -3.11. The van der Waals surface area contributed by atoms with Crippen molar-refractivity contribution >= 4 is 11.7 Å². The molecule has 0 spiro atoms. The van der Waals surface area contributed by atoms with Crippen LogP contribution in [0.15, 0.2) is 84.9 Å². The Morgan fingerprint density at radius 2 is 1.42 bits per heavy atom. The number of carboxylic acid groups (broad SMARTS) is 1. The molecule has 132 valence electrons. The quantitative estimate of drug-likeness (QED) is 0.618. The zero-order chi connectivity index (χ0) is 18.4. The minimum Gasteiger partial charge on any atom is -0.481 e. The maximum Gasteiger partial charge on any atom is 0.305 e. The number of hydrogen-bond acceptors (Lipinski definition) is 3. The van der Waals surface area contributed by atoms with E-state index in [2.05, 4.69) is 17.6 Å². The van der Waals surface area contributed by atoms with Crippen molar-refractivity contribution in [3.05, 3.63) is 90.5 Å². The van der Waals surface area contributed by atoms with Crippen LogP contribution >= 0.6 is 0 Å². The van der Waals surface area contributed by atoms with Gasteiger partial charge < -0.3 is 10.1 Å². The maximum absolute atomic E-state index is 11.3. The number of anilines is 1. The van der Waals surface area contributed by atoms with Gasteiger partial charge in [-0.25, -0.2) is 5.43 Å². The predicted molar refractivity (Wildman–Crippen MR) is 105 cm³/mol. The first kappa shape index (κ1) is 17.7. The fourth-order valence-corrected chi connectivity index (χ4v) is 2.91. The number of carbonyl (C=O) groups is 1. The zero-order valence-corrected chi connectivity index (χ0v) is 14.7. The molecular weight excluding hydrogens is 324 g/mol.